The van der Waals surface area contributed by atoms with Crippen LogP contribution >= 0.6 is 0 Å². The maximum absolute atomic E-state index is 12.3. The van der Waals surface area contributed by atoms with Crippen molar-refractivity contribution in [2.24, 2.45) is 0 Å². The lowest BCUT2D eigenvalue weighted by atomic mass is 9.99. The number of fused-ring (bicyclic) bond motifs is 1. The van der Waals surface area contributed by atoms with Crippen molar-refractivity contribution in [2.45, 2.75) is 71.3 Å². The molecule has 0 radical (unpaired) electrons. The molecule has 0 fully saturated rings. The minimum Gasteiger partial charge on any atom is -0.497 e. The van der Waals surface area contributed by atoms with Crippen LogP contribution in [0.2, 0.25) is 0 Å². The molecule has 0 aliphatic rings. The predicted octanol–water partition coefficient (Wildman–Crippen LogP) is 7.10. The Kier molecular flexibility index (Phi) is 11.0. The average molecular weight is 542 g/mol. The van der Waals surface area contributed by atoms with Gasteiger partial charge in [-0.25, -0.2) is 4.98 Å². The topological polar surface area (TPSA) is 65.4 Å². The van der Waals surface area contributed by atoms with E-state index in [9.17, 15) is 4.79 Å². The number of hydrogen-bond acceptors (Lipinski definition) is 4. The number of amides is 1. The van der Waals surface area contributed by atoms with Crippen molar-refractivity contribution in [3.05, 3.63) is 89.7 Å². The maximum atomic E-state index is 12.3. The Labute approximate surface area is 238 Å². The van der Waals surface area contributed by atoms with Crippen LogP contribution in [-0.2, 0) is 24.2 Å². The van der Waals surface area contributed by atoms with Gasteiger partial charge in [0.15, 0.2) is 0 Å². The number of nitrogens with one attached hydrogen (secondary N) is 1. The zero-order chi connectivity index (χ0) is 28.2. The van der Waals surface area contributed by atoms with Crippen LogP contribution in [0.1, 0.15) is 68.8 Å². The first-order valence-electron chi connectivity index (χ1n) is 14.6. The van der Waals surface area contributed by atoms with Crippen molar-refractivity contribution in [3.8, 4) is 11.5 Å². The van der Waals surface area contributed by atoms with Crippen molar-refractivity contribution in [3.63, 3.8) is 0 Å². The molecule has 0 spiro atoms. The van der Waals surface area contributed by atoms with E-state index in [1.165, 1.54) is 11.1 Å². The summed E-state index contributed by atoms with van der Waals surface area (Å²) in [5.41, 5.74) is 4.58. The number of aromatic nitrogens is 2. The molecule has 3 aromatic carbocycles. The molecule has 1 amide bonds. The highest BCUT2D eigenvalue weighted by molar-refractivity contribution is 5.78. The van der Waals surface area contributed by atoms with Crippen LogP contribution in [0.3, 0.4) is 0 Å². The molecule has 4 rings (SSSR count). The summed E-state index contributed by atoms with van der Waals surface area (Å²) < 4.78 is 13.6. The van der Waals surface area contributed by atoms with Crippen molar-refractivity contribution >= 4 is 16.9 Å². The molecule has 1 N–H and O–H groups in total. The number of imidazole rings is 1. The molecule has 0 saturated carbocycles. The van der Waals surface area contributed by atoms with Crippen molar-refractivity contribution < 1.29 is 14.3 Å². The molecule has 1 aromatic heterocycles. The van der Waals surface area contributed by atoms with Crippen LogP contribution in [0.25, 0.3) is 11.0 Å². The van der Waals surface area contributed by atoms with Crippen molar-refractivity contribution in [2.75, 3.05) is 20.3 Å². The highest BCUT2D eigenvalue weighted by Gasteiger charge is 2.11. The molecule has 1 heterocycles. The Balaban J connectivity index is 1.20. The molecule has 4 aromatic rings. The largest absolute Gasteiger partial charge is 0.497 e. The van der Waals surface area contributed by atoms with E-state index in [4.69, 9.17) is 14.5 Å². The first-order valence-corrected chi connectivity index (χ1v) is 14.6. The number of hydrogen-bond donors (Lipinski definition) is 1. The van der Waals surface area contributed by atoms with Crippen LogP contribution in [0.15, 0.2) is 72.8 Å². The van der Waals surface area contributed by atoms with E-state index in [-0.39, 0.29) is 5.91 Å². The third-order valence-corrected chi connectivity index (χ3v) is 7.51. The lowest BCUT2D eigenvalue weighted by Gasteiger charge is -2.12. The number of ether oxygens (including phenoxy) is 2. The summed E-state index contributed by atoms with van der Waals surface area (Å²) in [6.07, 6.45) is 6.41. The highest BCUT2D eigenvalue weighted by atomic mass is 16.5. The van der Waals surface area contributed by atoms with E-state index in [0.717, 1.165) is 73.5 Å². The summed E-state index contributed by atoms with van der Waals surface area (Å²) in [5.74, 6) is 3.49. The quantitative estimate of drug-likeness (QED) is 0.154. The number of carbonyl (C=O) groups excluding carboxylic acids is 1. The average Bonchev–Trinajstić information content (AvgIpc) is 3.34. The second-order valence-corrected chi connectivity index (χ2v) is 10.4. The Morgan fingerprint density at radius 1 is 0.925 bits per heavy atom. The molecule has 0 saturated heterocycles. The SMILES string of the molecule is CCC(C)c1ccc(OCCCn2c(CCCCCNC(=O)Cc3ccc(OC)cc3)nc3ccccc32)cc1. The van der Waals surface area contributed by atoms with Crippen LogP contribution in [0, 0.1) is 0 Å². The van der Waals surface area contributed by atoms with E-state index in [1.54, 1.807) is 7.11 Å². The van der Waals surface area contributed by atoms with E-state index in [1.807, 2.05) is 30.3 Å². The minimum atomic E-state index is 0.0561. The summed E-state index contributed by atoms with van der Waals surface area (Å²) in [7, 11) is 1.64. The Morgan fingerprint density at radius 3 is 2.42 bits per heavy atom. The smallest absolute Gasteiger partial charge is 0.224 e. The van der Waals surface area contributed by atoms with Gasteiger partial charge < -0.3 is 19.4 Å². The van der Waals surface area contributed by atoms with Gasteiger partial charge in [-0.15, -0.1) is 0 Å². The molecule has 0 bridgehead atoms. The summed E-state index contributed by atoms with van der Waals surface area (Å²) in [6, 6.07) is 24.5. The van der Waals surface area contributed by atoms with Gasteiger partial charge in [-0.3, -0.25) is 4.79 Å². The van der Waals surface area contributed by atoms with Gasteiger partial charge in [-0.2, -0.15) is 0 Å². The lowest BCUT2D eigenvalue weighted by Crippen LogP contribution is -2.26. The van der Waals surface area contributed by atoms with Gasteiger partial charge in [0, 0.05) is 19.5 Å². The molecule has 1 atom stereocenters. The normalized spacial score (nSPS) is 11.9. The minimum absolute atomic E-state index is 0.0561. The van der Waals surface area contributed by atoms with Crippen LogP contribution in [0.5, 0.6) is 11.5 Å². The molecule has 6 heteroatoms. The van der Waals surface area contributed by atoms with Gasteiger partial charge in [-0.05, 0) is 79.1 Å². The summed E-state index contributed by atoms with van der Waals surface area (Å²) in [6.45, 7) is 6.72. The van der Waals surface area contributed by atoms with Gasteiger partial charge in [0.1, 0.15) is 17.3 Å². The first kappa shape index (κ1) is 29.2. The van der Waals surface area contributed by atoms with E-state index in [2.05, 4.69) is 66.2 Å². The monoisotopic (exact) mass is 541 g/mol. The molecule has 0 aliphatic carbocycles. The lowest BCUT2D eigenvalue weighted by molar-refractivity contribution is -0.120. The van der Waals surface area contributed by atoms with E-state index in [0.29, 0.717) is 25.5 Å². The first-order chi connectivity index (χ1) is 19.6. The van der Waals surface area contributed by atoms with Crippen LogP contribution in [-0.4, -0.2) is 35.7 Å². The number of aryl methyl sites for hydroxylation is 2. The molecule has 0 aliphatic heterocycles. The van der Waals surface area contributed by atoms with E-state index < -0.39 is 0 Å². The summed E-state index contributed by atoms with van der Waals surface area (Å²) in [4.78, 5) is 17.2. The van der Waals surface area contributed by atoms with Crippen LogP contribution in [0.4, 0.5) is 0 Å². The van der Waals surface area contributed by atoms with E-state index >= 15 is 0 Å². The molecular weight excluding hydrogens is 498 g/mol. The number of rotatable bonds is 16. The second kappa shape index (κ2) is 15.1. The number of nitrogens with zero attached hydrogens (tertiary/aromatic N) is 2. The number of carbonyl (C=O) groups is 1. The van der Waals surface area contributed by atoms with Gasteiger partial charge in [0.05, 0.1) is 31.2 Å². The maximum Gasteiger partial charge on any atom is 0.224 e. The fraction of sp³-hybridized carbons (Fsp3) is 0.412. The van der Waals surface area contributed by atoms with Gasteiger partial charge in [0.2, 0.25) is 5.91 Å². The predicted molar refractivity (Wildman–Crippen MR) is 162 cm³/mol. The standard InChI is InChI=1S/C34H43N3O3/c1-4-26(2)28-16-20-30(21-17-28)40-24-10-23-37-32-12-8-7-11-31(32)36-33(37)13-6-5-9-22-35-34(38)25-27-14-18-29(39-3)19-15-27/h7-8,11-12,14-21,26H,4-6,9-10,13,22-25H2,1-3H3,(H,35,38). The fourth-order valence-electron chi connectivity index (χ4n) is 4.91. The molecule has 40 heavy (non-hydrogen) atoms. The van der Waals surface area contributed by atoms with Crippen molar-refractivity contribution in [1.29, 1.82) is 0 Å². The fourth-order valence-corrected chi connectivity index (χ4v) is 4.91. The zero-order valence-electron chi connectivity index (χ0n) is 24.2. The second-order valence-electron chi connectivity index (χ2n) is 10.4. The van der Waals surface area contributed by atoms with Gasteiger partial charge in [0.25, 0.3) is 0 Å². The Hall–Kier alpha value is -3.80. The number of para-hydroxylation sites is 2. The van der Waals surface area contributed by atoms with Gasteiger partial charge in [-0.1, -0.05) is 56.7 Å². The zero-order valence-corrected chi connectivity index (χ0v) is 24.2. The Morgan fingerprint density at radius 2 is 1.68 bits per heavy atom. The Bertz CT molecular complexity index is 1330. The number of methoxy groups -OCH3 is 1. The third kappa shape index (κ3) is 8.35. The summed E-state index contributed by atoms with van der Waals surface area (Å²) >= 11 is 0. The van der Waals surface area contributed by atoms with Gasteiger partial charge >= 0.3 is 0 Å². The number of benzene rings is 3. The molecule has 1 unspecified atom stereocenters. The highest BCUT2D eigenvalue weighted by Crippen LogP contribution is 2.22. The summed E-state index contributed by atoms with van der Waals surface area (Å²) in [5, 5.41) is 3.05. The molecule has 212 valence electrons. The molecular formula is C34H43N3O3. The van der Waals surface area contributed by atoms with Crippen molar-refractivity contribution in [1.82, 2.24) is 14.9 Å². The molecule has 6 nitrogen and oxygen atoms in total. The third-order valence-electron chi connectivity index (χ3n) is 7.51. The number of unbranched alkanes of at least 4 members (excludes halogenated alkanes) is 2. The van der Waals surface area contributed by atoms with Crippen LogP contribution < -0.4 is 14.8 Å².